The molecule has 2 rings (SSSR count). The van der Waals surface area contributed by atoms with Gasteiger partial charge in [-0.1, -0.05) is 13.8 Å². The first-order chi connectivity index (χ1) is 7.64. The second-order valence-corrected chi connectivity index (χ2v) is 5.90. The van der Waals surface area contributed by atoms with Gasteiger partial charge in [0, 0.05) is 22.9 Å². The van der Waals surface area contributed by atoms with E-state index in [1.54, 1.807) is 0 Å². The second-order valence-electron chi connectivity index (χ2n) is 4.98. The van der Waals surface area contributed by atoms with E-state index in [9.17, 15) is 0 Å². The second kappa shape index (κ2) is 4.84. The summed E-state index contributed by atoms with van der Waals surface area (Å²) >= 11 is 3.47. The van der Waals surface area contributed by atoms with Crippen LogP contribution in [-0.2, 0) is 6.42 Å². The van der Waals surface area contributed by atoms with Gasteiger partial charge in [0.05, 0.1) is 0 Å². The van der Waals surface area contributed by atoms with Gasteiger partial charge in [0.25, 0.3) is 0 Å². The van der Waals surface area contributed by atoms with Crippen molar-refractivity contribution in [2.75, 3.05) is 6.54 Å². The topological polar surface area (TPSA) is 24.9 Å². The average molecular weight is 283 g/mol. The number of aromatic nitrogens is 1. The van der Waals surface area contributed by atoms with E-state index in [2.05, 4.69) is 46.1 Å². The van der Waals surface area contributed by atoms with Gasteiger partial charge < -0.3 is 5.32 Å². The van der Waals surface area contributed by atoms with E-state index < -0.39 is 0 Å². The molecule has 3 heteroatoms. The average Bonchev–Trinajstić information content (AvgIpc) is 2.97. The highest BCUT2D eigenvalue weighted by molar-refractivity contribution is 9.10. The SMILES string of the molecule is CCNC(Cc1cncc(Br)c1)C1(C)CC1. The van der Waals surface area contributed by atoms with Crippen molar-refractivity contribution in [2.45, 2.75) is 39.2 Å². The lowest BCUT2D eigenvalue weighted by Crippen LogP contribution is -2.38. The molecule has 1 aromatic rings. The molecule has 1 N–H and O–H groups in total. The van der Waals surface area contributed by atoms with Crippen molar-refractivity contribution in [3.05, 3.63) is 28.5 Å². The first-order valence-electron chi connectivity index (χ1n) is 5.97. The molecule has 1 aromatic heterocycles. The molecule has 1 aliphatic rings. The Morgan fingerprint density at radius 3 is 2.81 bits per heavy atom. The molecule has 0 saturated heterocycles. The van der Waals surface area contributed by atoms with Crippen molar-refractivity contribution < 1.29 is 0 Å². The number of hydrogen-bond donors (Lipinski definition) is 1. The molecule has 1 saturated carbocycles. The van der Waals surface area contributed by atoms with Gasteiger partial charge in [-0.2, -0.15) is 0 Å². The van der Waals surface area contributed by atoms with E-state index in [1.807, 2.05) is 12.4 Å². The van der Waals surface area contributed by atoms with Crippen molar-refractivity contribution in [3.63, 3.8) is 0 Å². The monoisotopic (exact) mass is 282 g/mol. The summed E-state index contributed by atoms with van der Waals surface area (Å²) in [6.45, 7) is 5.60. The van der Waals surface area contributed by atoms with Crippen molar-refractivity contribution in [3.8, 4) is 0 Å². The molecular formula is C13H19BrN2. The molecule has 0 amide bonds. The summed E-state index contributed by atoms with van der Waals surface area (Å²) in [5.74, 6) is 0. The maximum absolute atomic E-state index is 4.23. The summed E-state index contributed by atoms with van der Waals surface area (Å²) in [5.41, 5.74) is 1.83. The molecule has 0 aromatic carbocycles. The molecule has 1 fully saturated rings. The van der Waals surface area contributed by atoms with E-state index in [0.717, 1.165) is 17.4 Å². The number of halogens is 1. The summed E-state index contributed by atoms with van der Waals surface area (Å²) in [4.78, 5) is 4.23. The summed E-state index contributed by atoms with van der Waals surface area (Å²) in [5, 5.41) is 3.61. The summed E-state index contributed by atoms with van der Waals surface area (Å²) in [6.07, 6.45) is 7.60. The summed E-state index contributed by atoms with van der Waals surface area (Å²) < 4.78 is 1.07. The molecule has 1 atom stereocenters. The van der Waals surface area contributed by atoms with Crippen molar-refractivity contribution in [2.24, 2.45) is 5.41 Å². The van der Waals surface area contributed by atoms with Crippen LogP contribution in [-0.4, -0.2) is 17.6 Å². The normalized spacial score (nSPS) is 19.4. The van der Waals surface area contributed by atoms with Gasteiger partial charge in [0.1, 0.15) is 0 Å². The third-order valence-corrected chi connectivity index (χ3v) is 3.97. The Morgan fingerprint density at radius 1 is 1.50 bits per heavy atom. The summed E-state index contributed by atoms with van der Waals surface area (Å²) in [6, 6.07) is 2.76. The van der Waals surface area contributed by atoms with Crippen LogP contribution in [0, 0.1) is 5.41 Å². The molecule has 88 valence electrons. The lowest BCUT2D eigenvalue weighted by Gasteiger charge is -2.24. The number of rotatable bonds is 5. The molecule has 0 aliphatic heterocycles. The van der Waals surface area contributed by atoms with Gasteiger partial charge in [-0.25, -0.2) is 0 Å². The van der Waals surface area contributed by atoms with E-state index >= 15 is 0 Å². The summed E-state index contributed by atoms with van der Waals surface area (Å²) in [7, 11) is 0. The van der Waals surface area contributed by atoms with Crippen molar-refractivity contribution in [1.82, 2.24) is 10.3 Å². The van der Waals surface area contributed by atoms with E-state index in [0.29, 0.717) is 11.5 Å². The quantitative estimate of drug-likeness (QED) is 0.897. The number of nitrogens with one attached hydrogen (secondary N) is 1. The molecular weight excluding hydrogens is 264 g/mol. The van der Waals surface area contributed by atoms with Crippen LogP contribution < -0.4 is 5.32 Å². The molecule has 1 unspecified atom stereocenters. The Hall–Kier alpha value is -0.410. The standard InChI is InChI=1S/C13H19BrN2/c1-3-16-12(13(2)4-5-13)7-10-6-11(14)9-15-8-10/h6,8-9,12,16H,3-5,7H2,1-2H3. The zero-order valence-electron chi connectivity index (χ0n) is 9.96. The first-order valence-corrected chi connectivity index (χ1v) is 6.76. The van der Waals surface area contributed by atoms with E-state index in [-0.39, 0.29) is 0 Å². The van der Waals surface area contributed by atoms with Crippen LogP contribution in [0.1, 0.15) is 32.3 Å². The number of pyridine rings is 1. The molecule has 1 heterocycles. The van der Waals surface area contributed by atoms with Gasteiger partial charge in [-0.15, -0.1) is 0 Å². The minimum absolute atomic E-state index is 0.512. The van der Waals surface area contributed by atoms with Gasteiger partial charge >= 0.3 is 0 Å². The Bertz CT molecular complexity index is 361. The fourth-order valence-electron chi connectivity index (χ4n) is 2.16. The van der Waals surface area contributed by atoms with Gasteiger partial charge in [-0.3, -0.25) is 4.98 Å². The van der Waals surface area contributed by atoms with Crippen LogP contribution in [0.2, 0.25) is 0 Å². The number of nitrogens with zero attached hydrogens (tertiary/aromatic N) is 1. The molecule has 2 nitrogen and oxygen atoms in total. The molecule has 0 spiro atoms. The Morgan fingerprint density at radius 2 is 2.25 bits per heavy atom. The zero-order chi connectivity index (χ0) is 11.6. The van der Waals surface area contributed by atoms with Crippen molar-refractivity contribution in [1.29, 1.82) is 0 Å². The van der Waals surface area contributed by atoms with Gasteiger partial charge in [0.2, 0.25) is 0 Å². The largest absolute Gasteiger partial charge is 0.313 e. The number of hydrogen-bond acceptors (Lipinski definition) is 2. The number of likely N-dealkylation sites (N-methyl/N-ethyl adjacent to an activating group) is 1. The van der Waals surface area contributed by atoms with Crippen LogP contribution >= 0.6 is 15.9 Å². The molecule has 0 bridgehead atoms. The van der Waals surface area contributed by atoms with Crippen LogP contribution in [0.4, 0.5) is 0 Å². The highest BCUT2D eigenvalue weighted by Gasteiger charge is 2.44. The van der Waals surface area contributed by atoms with Gasteiger partial charge in [-0.05, 0) is 58.8 Å². The zero-order valence-corrected chi connectivity index (χ0v) is 11.5. The highest BCUT2D eigenvalue weighted by Crippen LogP contribution is 2.48. The fraction of sp³-hybridized carbons (Fsp3) is 0.615. The smallest absolute Gasteiger partial charge is 0.0410 e. The van der Waals surface area contributed by atoms with Crippen LogP contribution in [0.15, 0.2) is 22.9 Å². The maximum atomic E-state index is 4.23. The van der Waals surface area contributed by atoms with Crippen LogP contribution in [0.25, 0.3) is 0 Å². The van der Waals surface area contributed by atoms with Crippen LogP contribution in [0.3, 0.4) is 0 Å². The lowest BCUT2D eigenvalue weighted by molar-refractivity contribution is 0.360. The minimum Gasteiger partial charge on any atom is -0.313 e. The van der Waals surface area contributed by atoms with E-state index in [1.165, 1.54) is 18.4 Å². The fourth-order valence-corrected chi connectivity index (χ4v) is 2.57. The third kappa shape index (κ3) is 2.83. The minimum atomic E-state index is 0.512. The van der Waals surface area contributed by atoms with Gasteiger partial charge in [0.15, 0.2) is 0 Å². The van der Waals surface area contributed by atoms with Crippen molar-refractivity contribution >= 4 is 15.9 Å². The maximum Gasteiger partial charge on any atom is 0.0410 e. The predicted octanol–water partition coefficient (Wildman–Crippen LogP) is 3.16. The Labute approximate surface area is 106 Å². The first kappa shape index (κ1) is 12.1. The molecule has 1 aliphatic carbocycles. The molecule has 0 radical (unpaired) electrons. The lowest BCUT2D eigenvalue weighted by atomic mass is 9.93. The Kier molecular flexibility index (Phi) is 3.65. The van der Waals surface area contributed by atoms with E-state index in [4.69, 9.17) is 0 Å². The van der Waals surface area contributed by atoms with Crippen LogP contribution in [0.5, 0.6) is 0 Å². The highest BCUT2D eigenvalue weighted by atomic mass is 79.9. The molecule has 16 heavy (non-hydrogen) atoms. The Balaban J connectivity index is 2.05. The third-order valence-electron chi connectivity index (χ3n) is 3.53. The predicted molar refractivity (Wildman–Crippen MR) is 70.4 cm³/mol.